The summed E-state index contributed by atoms with van der Waals surface area (Å²) in [5.41, 5.74) is 1.77. The number of ether oxygens (including phenoxy) is 3. The van der Waals surface area contributed by atoms with E-state index in [1.807, 2.05) is 30.3 Å². The summed E-state index contributed by atoms with van der Waals surface area (Å²) >= 11 is 0. The van der Waals surface area contributed by atoms with Crippen molar-refractivity contribution in [2.24, 2.45) is 0 Å². The second kappa shape index (κ2) is 7.12. The lowest BCUT2D eigenvalue weighted by Gasteiger charge is -2.08. The van der Waals surface area contributed by atoms with E-state index in [1.54, 1.807) is 13.2 Å². The van der Waals surface area contributed by atoms with Gasteiger partial charge in [0.25, 0.3) is 0 Å². The summed E-state index contributed by atoms with van der Waals surface area (Å²) in [5.74, 6) is 1.64. The molecule has 3 rings (SSSR count). The molecule has 0 saturated carbocycles. The maximum atomic E-state index is 12.0. The summed E-state index contributed by atoms with van der Waals surface area (Å²) in [6.07, 6.45) is 0.887. The molecule has 0 unspecified atom stereocenters. The van der Waals surface area contributed by atoms with Gasteiger partial charge >= 0.3 is 0 Å². The Morgan fingerprint density at radius 2 is 2.12 bits per heavy atom. The van der Waals surface area contributed by atoms with Gasteiger partial charge in [0.05, 0.1) is 13.5 Å². The number of phenols is 1. The molecule has 1 aliphatic rings. The van der Waals surface area contributed by atoms with E-state index in [-0.39, 0.29) is 18.4 Å². The van der Waals surface area contributed by atoms with Crippen molar-refractivity contribution in [2.45, 2.75) is 12.8 Å². The summed E-state index contributed by atoms with van der Waals surface area (Å²) in [5, 5.41) is 12.7. The number of rotatable bonds is 6. The summed E-state index contributed by atoms with van der Waals surface area (Å²) < 4.78 is 15.6. The van der Waals surface area contributed by atoms with Crippen LogP contribution in [0.25, 0.3) is 0 Å². The Hall–Kier alpha value is -2.89. The molecule has 2 aromatic rings. The Morgan fingerprint density at radius 3 is 2.96 bits per heavy atom. The molecular formula is C18H19NO5. The molecule has 2 aromatic carbocycles. The molecule has 0 atom stereocenters. The van der Waals surface area contributed by atoms with Crippen LogP contribution in [0.1, 0.15) is 11.1 Å². The Morgan fingerprint density at radius 1 is 1.25 bits per heavy atom. The molecule has 0 spiro atoms. The fourth-order valence-corrected chi connectivity index (χ4v) is 2.57. The molecule has 0 bridgehead atoms. The number of carbonyl (C=O) groups excluding carboxylic acids is 1. The summed E-state index contributed by atoms with van der Waals surface area (Å²) in [6.45, 7) is 0.589. The maximum Gasteiger partial charge on any atom is 0.231 e. The van der Waals surface area contributed by atoms with E-state index in [9.17, 15) is 9.90 Å². The molecule has 0 fully saturated rings. The molecule has 2 N–H and O–H groups in total. The summed E-state index contributed by atoms with van der Waals surface area (Å²) in [7, 11) is 1.60. The third-order valence-electron chi connectivity index (χ3n) is 3.75. The first-order chi connectivity index (χ1) is 11.7. The minimum absolute atomic E-state index is 0.0581. The minimum atomic E-state index is -0.0618. The van der Waals surface area contributed by atoms with Crippen LogP contribution in [0.3, 0.4) is 0 Å². The van der Waals surface area contributed by atoms with Crippen LogP contribution in [0.15, 0.2) is 36.4 Å². The van der Waals surface area contributed by atoms with Crippen LogP contribution < -0.4 is 19.5 Å². The molecule has 24 heavy (non-hydrogen) atoms. The standard InChI is InChI=1S/C18H19NO5/c1-22-14-4-2-3-12(7-14)10-17(21)19-6-5-13-8-15(20)18-16(9-13)23-11-24-18/h2-4,7-9,20H,5-6,10-11H2,1H3,(H,19,21). The quantitative estimate of drug-likeness (QED) is 0.848. The Balaban J connectivity index is 1.51. The number of fused-ring (bicyclic) bond motifs is 1. The highest BCUT2D eigenvalue weighted by Crippen LogP contribution is 2.41. The zero-order valence-electron chi connectivity index (χ0n) is 13.4. The third kappa shape index (κ3) is 3.71. The number of hydrogen-bond donors (Lipinski definition) is 2. The highest BCUT2D eigenvalue weighted by atomic mass is 16.7. The molecular weight excluding hydrogens is 310 g/mol. The highest BCUT2D eigenvalue weighted by Gasteiger charge is 2.18. The summed E-state index contributed by atoms with van der Waals surface area (Å²) in [4.78, 5) is 12.0. The number of hydrogen-bond acceptors (Lipinski definition) is 5. The van der Waals surface area contributed by atoms with Crippen LogP contribution in [0.4, 0.5) is 0 Å². The predicted octanol–water partition coefficient (Wildman–Crippen LogP) is 2.03. The number of benzene rings is 2. The molecule has 1 heterocycles. The topological polar surface area (TPSA) is 77.0 Å². The van der Waals surface area contributed by atoms with Crippen LogP contribution in [-0.4, -0.2) is 31.5 Å². The van der Waals surface area contributed by atoms with E-state index in [0.717, 1.165) is 16.9 Å². The van der Waals surface area contributed by atoms with Crippen LogP contribution in [0, 0.1) is 0 Å². The normalized spacial score (nSPS) is 12.0. The average molecular weight is 329 g/mol. The van der Waals surface area contributed by atoms with Gasteiger partial charge in [-0.15, -0.1) is 0 Å². The lowest BCUT2D eigenvalue weighted by Crippen LogP contribution is -2.27. The van der Waals surface area contributed by atoms with E-state index in [1.165, 1.54) is 0 Å². The van der Waals surface area contributed by atoms with Gasteiger partial charge in [0.1, 0.15) is 5.75 Å². The molecule has 6 nitrogen and oxygen atoms in total. The van der Waals surface area contributed by atoms with Gasteiger partial charge in [-0.2, -0.15) is 0 Å². The molecule has 126 valence electrons. The van der Waals surface area contributed by atoms with Gasteiger partial charge < -0.3 is 24.6 Å². The Bertz CT molecular complexity index is 744. The van der Waals surface area contributed by atoms with Gasteiger partial charge in [0.15, 0.2) is 11.5 Å². The van der Waals surface area contributed by atoms with Crippen molar-refractivity contribution in [1.29, 1.82) is 0 Å². The Kier molecular flexibility index (Phi) is 4.74. The number of carbonyl (C=O) groups is 1. The molecule has 0 aliphatic carbocycles. The van der Waals surface area contributed by atoms with Crippen LogP contribution in [-0.2, 0) is 17.6 Å². The van der Waals surface area contributed by atoms with Crippen molar-refractivity contribution < 1.29 is 24.1 Å². The molecule has 0 saturated heterocycles. The first-order valence-corrected chi connectivity index (χ1v) is 7.67. The van der Waals surface area contributed by atoms with E-state index >= 15 is 0 Å². The summed E-state index contributed by atoms with van der Waals surface area (Å²) in [6, 6.07) is 10.9. The van der Waals surface area contributed by atoms with Crippen molar-refractivity contribution in [2.75, 3.05) is 20.4 Å². The monoisotopic (exact) mass is 329 g/mol. The number of aromatic hydroxyl groups is 1. The highest BCUT2D eigenvalue weighted by molar-refractivity contribution is 5.78. The van der Waals surface area contributed by atoms with Gasteiger partial charge in [-0.3, -0.25) is 4.79 Å². The van der Waals surface area contributed by atoms with E-state index < -0.39 is 0 Å². The smallest absolute Gasteiger partial charge is 0.231 e. The maximum absolute atomic E-state index is 12.0. The average Bonchev–Trinajstić information content (AvgIpc) is 3.04. The predicted molar refractivity (Wildman–Crippen MR) is 87.6 cm³/mol. The number of phenolic OH excluding ortho intramolecular Hbond substituents is 1. The van der Waals surface area contributed by atoms with Crippen molar-refractivity contribution in [3.05, 3.63) is 47.5 Å². The van der Waals surface area contributed by atoms with Crippen molar-refractivity contribution in [3.8, 4) is 23.0 Å². The van der Waals surface area contributed by atoms with Crippen molar-refractivity contribution in [1.82, 2.24) is 5.32 Å². The molecule has 0 radical (unpaired) electrons. The number of nitrogens with one attached hydrogen (secondary N) is 1. The van der Waals surface area contributed by atoms with E-state index in [2.05, 4.69) is 5.32 Å². The van der Waals surface area contributed by atoms with Gasteiger partial charge in [-0.05, 0) is 41.8 Å². The second-order valence-electron chi connectivity index (χ2n) is 5.48. The van der Waals surface area contributed by atoms with Crippen LogP contribution >= 0.6 is 0 Å². The fourth-order valence-electron chi connectivity index (χ4n) is 2.57. The first-order valence-electron chi connectivity index (χ1n) is 7.67. The fraction of sp³-hybridized carbons (Fsp3) is 0.278. The van der Waals surface area contributed by atoms with E-state index in [4.69, 9.17) is 14.2 Å². The van der Waals surface area contributed by atoms with Gasteiger partial charge in [-0.1, -0.05) is 12.1 Å². The number of amides is 1. The SMILES string of the molecule is COc1cccc(CC(=O)NCCc2cc(O)c3c(c2)OCO3)c1. The zero-order valence-corrected chi connectivity index (χ0v) is 13.4. The van der Waals surface area contributed by atoms with Gasteiger partial charge in [0.2, 0.25) is 18.4 Å². The van der Waals surface area contributed by atoms with Crippen LogP contribution in [0.2, 0.25) is 0 Å². The molecule has 1 amide bonds. The third-order valence-corrected chi connectivity index (χ3v) is 3.75. The first kappa shape index (κ1) is 16.0. The number of methoxy groups -OCH3 is 1. The van der Waals surface area contributed by atoms with Gasteiger partial charge in [0, 0.05) is 6.54 Å². The zero-order chi connectivity index (χ0) is 16.9. The van der Waals surface area contributed by atoms with Crippen molar-refractivity contribution in [3.63, 3.8) is 0 Å². The van der Waals surface area contributed by atoms with Gasteiger partial charge in [-0.25, -0.2) is 0 Å². The Labute approximate surface area is 140 Å². The molecule has 1 aliphatic heterocycles. The largest absolute Gasteiger partial charge is 0.504 e. The lowest BCUT2D eigenvalue weighted by molar-refractivity contribution is -0.120. The van der Waals surface area contributed by atoms with Crippen molar-refractivity contribution >= 4 is 5.91 Å². The lowest BCUT2D eigenvalue weighted by atomic mass is 10.1. The molecule has 6 heteroatoms. The minimum Gasteiger partial charge on any atom is -0.504 e. The van der Waals surface area contributed by atoms with Crippen LogP contribution in [0.5, 0.6) is 23.0 Å². The second-order valence-corrected chi connectivity index (χ2v) is 5.48. The van der Waals surface area contributed by atoms with E-state index in [0.29, 0.717) is 30.9 Å². The molecule has 0 aromatic heterocycles.